The molecule has 0 aromatic heterocycles. The van der Waals surface area contributed by atoms with Gasteiger partial charge in [-0.3, -0.25) is 0 Å². The van der Waals surface area contributed by atoms with Crippen LogP contribution in [0.1, 0.15) is 6.92 Å². The third-order valence-electron chi connectivity index (χ3n) is 4.08. The largest absolute Gasteiger partial charge is 1.00 e. The molecular formula is C21H22ClOP. The van der Waals surface area contributed by atoms with E-state index >= 15 is 0 Å². The van der Waals surface area contributed by atoms with Crippen LogP contribution in [0.2, 0.25) is 0 Å². The standard InChI is InChI=1S/C21H22OP.ClH/c1-2-22-18-23(19-12-6-3-7-13-19,20-14-8-4-9-15-20)21-16-10-5-11-17-21;/h3-17H,2,18H2,1H3;1H/q+1;/p-1. The van der Waals surface area contributed by atoms with Gasteiger partial charge in [0.25, 0.3) is 0 Å². The van der Waals surface area contributed by atoms with Crippen molar-refractivity contribution in [2.24, 2.45) is 0 Å². The summed E-state index contributed by atoms with van der Waals surface area (Å²) in [5, 5.41) is 4.10. The topological polar surface area (TPSA) is 9.23 Å². The van der Waals surface area contributed by atoms with Crippen molar-refractivity contribution < 1.29 is 17.1 Å². The molecule has 0 N–H and O–H groups in total. The van der Waals surface area contributed by atoms with Gasteiger partial charge in [0.1, 0.15) is 23.2 Å². The summed E-state index contributed by atoms with van der Waals surface area (Å²) >= 11 is 0. The second-order valence-electron chi connectivity index (χ2n) is 5.44. The van der Waals surface area contributed by atoms with E-state index in [0.29, 0.717) is 0 Å². The zero-order valence-electron chi connectivity index (χ0n) is 13.8. The van der Waals surface area contributed by atoms with Crippen LogP contribution in [0.3, 0.4) is 0 Å². The number of hydrogen-bond donors (Lipinski definition) is 0. The lowest BCUT2D eigenvalue weighted by molar-refractivity contribution is -0.00000500. The van der Waals surface area contributed by atoms with E-state index in [1.165, 1.54) is 15.9 Å². The van der Waals surface area contributed by atoms with E-state index < -0.39 is 7.26 Å². The lowest BCUT2D eigenvalue weighted by Gasteiger charge is -2.27. The van der Waals surface area contributed by atoms with Gasteiger partial charge >= 0.3 is 0 Å². The highest BCUT2D eigenvalue weighted by atomic mass is 35.5. The first-order valence-corrected chi connectivity index (χ1v) is 9.98. The number of rotatable bonds is 6. The van der Waals surface area contributed by atoms with Crippen molar-refractivity contribution in [3.8, 4) is 0 Å². The van der Waals surface area contributed by atoms with Crippen LogP contribution in [0.5, 0.6) is 0 Å². The van der Waals surface area contributed by atoms with Crippen LogP contribution in [0.25, 0.3) is 0 Å². The lowest BCUT2D eigenvalue weighted by atomic mass is 10.4. The van der Waals surface area contributed by atoms with E-state index in [1.807, 2.05) is 0 Å². The van der Waals surface area contributed by atoms with Crippen molar-refractivity contribution in [2.45, 2.75) is 6.92 Å². The quantitative estimate of drug-likeness (QED) is 0.598. The summed E-state index contributed by atoms with van der Waals surface area (Å²) in [6, 6.07) is 32.5. The Balaban J connectivity index is 0.00000208. The molecule has 0 unspecified atom stereocenters. The van der Waals surface area contributed by atoms with Gasteiger partial charge in [-0.05, 0) is 43.3 Å². The first-order chi connectivity index (χ1) is 11.4. The Morgan fingerprint density at radius 3 is 1.25 bits per heavy atom. The molecule has 3 aromatic carbocycles. The van der Waals surface area contributed by atoms with E-state index in [1.54, 1.807) is 0 Å². The highest BCUT2D eigenvalue weighted by Gasteiger charge is 2.45. The van der Waals surface area contributed by atoms with Crippen LogP contribution in [0.4, 0.5) is 0 Å². The normalized spacial score (nSPS) is 10.9. The Morgan fingerprint density at radius 1 is 0.625 bits per heavy atom. The molecule has 0 atom stereocenters. The summed E-state index contributed by atoms with van der Waals surface area (Å²) in [4.78, 5) is 0. The molecule has 0 saturated heterocycles. The van der Waals surface area contributed by atoms with Crippen LogP contribution in [0.15, 0.2) is 91.0 Å². The first-order valence-electron chi connectivity index (χ1n) is 8.00. The molecule has 124 valence electrons. The van der Waals surface area contributed by atoms with E-state index in [2.05, 4.69) is 97.9 Å². The molecule has 0 aliphatic carbocycles. The minimum atomic E-state index is -1.79. The summed E-state index contributed by atoms with van der Waals surface area (Å²) in [5.41, 5.74) is 0. The van der Waals surface area contributed by atoms with Gasteiger partial charge in [0.15, 0.2) is 6.35 Å². The summed E-state index contributed by atoms with van der Waals surface area (Å²) in [6.45, 7) is 2.80. The molecule has 1 nitrogen and oxygen atoms in total. The highest BCUT2D eigenvalue weighted by molar-refractivity contribution is 7.95. The van der Waals surface area contributed by atoms with Crippen LogP contribution >= 0.6 is 7.26 Å². The molecule has 0 radical (unpaired) electrons. The third-order valence-corrected chi connectivity index (χ3v) is 8.19. The van der Waals surface area contributed by atoms with Crippen molar-refractivity contribution >= 4 is 23.2 Å². The van der Waals surface area contributed by atoms with Gasteiger partial charge in [-0.1, -0.05) is 54.6 Å². The fourth-order valence-corrected chi connectivity index (χ4v) is 6.79. The zero-order valence-corrected chi connectivity index (χ0v) is 15.5. The maximum atomic E-state index is 6.01. The van der Waals surface area contributed by atoms with Crippen LogP contribution < -0.4 is 28.3 Å². The molecular weight excluding hydrogens is 335 g/mol. The molecule has 0 heterocycles. The van der Waals surface area contributed by atoms with E-state index in [4.69, 9.17) is 4.74 Å². The Bertz CT molecular complexity index is 620. The second kappa shape index (κ2) is 8.99. The fraction of sp³-hybridized carbons (Fsp3) is 0.143. The molecule has 0 fully saturated rings. The average molecular weight is 357 g/mol. The molecule has 3 rings (SSSR count). The van der Waals surface area contributed by atoms with E-state index in [-0.39, 0.29) is 12.4 Å². The Kier molecular flexibility index (Phi) is 6.99. The monoisotopic (exact) mass is 356 g/mol. The molecule has 0 spiro atoms. The number of halogens is 1. The smallest absolute Gasteiger partial charge is 0.171 e. The van der Waals surface area contributed by atoms with Crippen LogP contribution in [-0.4, -0.2) is 13.0 Å². The summed E-state index contributed by atoms with van der Waals surface area (Å²) < 4.78 is 6.01. The maximum absolute atomic E-state index is 6.01. The third kappa shape index (κ3) is 3.70. The predicted molar refractivity (Wildman–Crippen MR) is 102 cm³/mol. The number of ether oxygens (including phenoxy) is 1. The van der Waals surface area contributed by atoms with Gasteiger partial charge in [-0.25, -0.2) is 0 Å². The second-order valence-corrected chi connectivity index (χ2v) is 8.87. The lowest BCUT2D eigenvalue weighted by Crippen LogP contribution is -3.00. The zero-order chi connectivity index (χ0) is 16.0. The van der Waals surface area contributed by atoms with Crippen molar-refractivity contribution in [1.29, 1.82) is 0 Å². The van der Waals surface area contributed by atoms with Crippen molar-refractivity contribution in [3.63, 3.8) is 0 Å². The summed E-state index contributed by atoms with van der Waals surface area (Å²) in [7, 11) is -1.79. The maximum Gasteiger partial charge on any atom is 0.171 e. The van der Waals surface area contributed by atoms with E-state index in [0.717, 1.165) is 13.0 Å². The number of benzene rings is 3. The molecule has 0 aliphatic heterocycles. The highest BCUT2D eigenvalue weighted by Crippen LogP contribution is 2.55. The minimum Gasteiger partial charge on any atom is -1.00 e. The van der Waals surface area contributed by atoms with Gasteiger partial charge in [0, 0.05) is 6.61 Å². The van der Waals surface area contributed by atoms with Crippen molar-refractivity contribution in [3.05, 3.63) is 91.0 Å². The summed E-state index contributed by atoms with van der Waals surface area (Å²) in [6.07, 6.45) is 0.738. The molecule has 3 heteroatoms. The molecule has 0 bridgehead atoms. The Labute approximate surface area is 151 Å². The van der Waals surface area contributed by atoms with Gasteiger partial charge in [-0.2, -0.15) is 0 Å². The molecule has 24 heavy (non-hydrogen) atoms. The molecule has 0 saturated carbocycles. The van der Waals surface area contributed by atoms with Crippen LogP contribution in [0, 0.1) is 0 Å². The molecule has 0 amide bonds. The minimum absolute atomic E-state index is 0. The van der Waals surface area contributed by atoms with E-state index in [9.17, 15) is 0 Å². The first kappa shape index (κ1) is 18.7. The fourth-order valence-electron chi connectivity index (χ4n) is 2.95. The van der Waals surface area contributed by atoms with Gasteiger partial charge in [0.05, 0.1) is 0 Å². The molecule has 3 aromatic rings. The number of hydrogen-bond acceptors (Lipinski definition) is 1. The Hall–Kier alpha value is -1.66. The molecule has 0 aliphatic rings. The van der Waals surface area contributed by atoms with Gasteiger partial charge in [-0.15, -0.1) is 0 Å². The SMILES string of the molecule is CCOC[P+](c1ccccc1)(c1ccccc1)c1ccccc1.[Cl-]. The van der Waals surface area contributed by atoms with Gasteiger partial charge < -0.3 is 17.1 Å². The van der Waals surface area contributed by atoms with Crippen LogP contribution in [-0.2, 0) is 4.74 Å². The van der Waals surface area contributed by atoms with Gasteiger partial charge in [0.2, 0.25) is 0 Å². The predicted octanol–water partition coefficient (Wildman–Crippen LogP) is 0.978. The van der Waals surface area contributed by atoms with Crippen molar-refractivity contribution in [1.82, 2.24) is 0 Å². The average Bonchev–Trinajstić information content (AvgIpc) is 2.65. The van der Waals surface area contributed by atoms with Crippen molar-refractivity contribution in [2.75, 3.05) is 13.0 Å². The Morgan fingerprint density at radius 2 is 0.958 bits per heavy atom. The summed E-state index contributed by atoms with van der Waals surface area (Å²) in [5.74, 6) is 0.